The lowest BCUT2D eigenvalue weighted by atomic mass is 9.90. The SMILES string of the molecule is COC(=O)c1ccc(NC(=O)C(C)(C)C(=O)Nc2cccc(C#N)c2)cc1. The topological polar surface area (TPSA) is 108 Å². The predicted octanol–water partition coefficient (Wildman–Crippen LogP) is 2.95. The number of rotatable bonds is 5. The van der Waals surface area contributed by atoms with Crippen LogP contribution >= 0.6 is 0 Å². The van der Waals surface area contributed by atoms with Crippen LogP contribution in [0.5, 0.6) is 0 Å². The summed E-state index contributed by atoms with van der Waals surface area (Å²) in [6, 6.07) is 14.5. The van der Waals surface area contributed by atoms with E-state index in [9.17, 15) is 14.4 Å². The Morgan fingerprint density at radius 1 is 0.963 bits per heavy atom. The molecule has 2 rings (SSSR count). The van der Waals surface area contributed by atoms with Crippen LogP contribution in [0.2, 0.25) is 0 Å². The number of carbonyl (C=O) groups is 3. The van der Waals surface area contributed by atoms with Gasteiger partial charge in [-0.25, -0.2) is 4.79 Å². The molecular weight excluding hydrogens is 346 g/mol. The van der Waals surface area contributed by atoms with Gasteiger partial charge >= 0.3 is 5.97 Å². The first-order chi connectivity index (χ1) is 12.8. The Labute approximate surface area is 156 Å². The third-order valence-electron chi connectivity index (χ3n) is 3.95. The van der Waals surface area contributed by atoms with E-state index in [-0.39, 0.29) is 0 Å². The van der Waals surface area contributed by atoms with E-state index >= 15 is 0 Å². The molecule has 138 valence electrons. The van der Waals surface area contributed by atoms with Crippen LogP contribution in [0.15, 0.2) is 48.5 Å². The molecule has 0 heterocycles. The molecule has 0 atom stereocenters. The molecule has 0 saturated heterocycles. The number of amides is 2. The summed E-state index contributed by atoms with van der Waals surface area (Å²) in [5, 5.41) is 14.2. The number of hydrogen-bond acceptors (Lipinski definition) is 5. The third-order valence-corrected chi connectivity index (χ3v) is 3.95. The summed E-state index contributed by atoms with van der Waals surface area (Å²) in [5.74, 6) is -1.50. The molecule has 0 aliphatic heterocycles. The number of methoxy groups -OCH3 is 1. The summed E-state index contributed by atoms with van der Waals surface area (Å²) in [6.45, 7) is 2.99. The molecule has 27 heavy (non-hydrogen) atoms. The van der Waals surface area contributed by atoms with Gasteiger partial charge in [0.05, 0.1) is 24.3 Å². The van der Waals surface area contributed by atoms with Gasteiger partial charge < -0.3 is 15.4 Å². The molecule has 0 bridgehead atoms. The molecule has 0 aromatic heterocycles. The van der Waals surface area contributed by atoms with Crippen LogP contribution in [0.25, 0.3) is 0 Å². The minimum Gasteiger partial charge on any atom is -0.465 e. The molecule has 2 amide bonds. The van der Waals surface area contributed by atoms with E-state index in [2.05, 4.69) is 15.4 Å². The largest absolute Gasteiger partial charge is 0.465 e. The first-order valence-electron chi connectivity index (χ1n) is 8.09. The molecule has 0 fully saturated rings. The number of hydrogen-bond donors (Lipinski definition) is 2. The average molecular weight is 365 g/mol. The lowest BCUT2D eigenvalue weighted by Crippen LogP contribution is -2.41. The smallest absolute Gasteiger partial charge is 0.337 e. The number of ether oxygens (including phenoxy) is 1. The summed E-state index contributed by atoms with van der Waals surface area (Å²) in [4.78, 5) is 36.5. The maximum Gasteiger partial charge on any atom is 0.337 e. The van der Waals surface area contributed by atoms with E-state index in [4.69, 9.17) is 5.26 Å². The summed E-state index contributed by atoms with van der Waals surface area (Å²) >= 11 is 0. The van der Waals surface area contributed by atoms with Gasteiger partial charge in [0.25, 0.3) is 0 Å². The van der Waals surface area contributed by atoms with E-state index < -0.39 is 23.2 Å². The van der Waals surface area contributed by atoms with E-state index in [0.29, 0.717) is 22.5 Å². The number of carbonyl (C=O) groups excluding carboxylic acids is 3. The van der Waals surface area contributed by atoms with Crippen LogP contribution in [0.4, 0.5) is 11.4 Å². The van der Waals surface area contributed by atoms with Crippen molar-refractivity contribution < 1.29 is 19.1 Å². The highest BCUT2D eigenvalue weighted by molar-refractivity contribution is 6.14. The van der Waals surface area contributed by atoms with Gasteiger partial charge in [0, 0.05) is 11.4 Å². The second-order valence-corrected chi connectivity index (χ2v) is 6.29. The van der Waals surface area contributed by atoms with Crippen LogP contribution in [-0.4, -0.2) is 24.9 Å². The zero-order valence-electron chi connectivity index (χ0n) is 15.2. The van der Waals surface area contributed by atoms with Gasteiger partial charge in [0.15, 0.2) is 0 Å². The van der Waals surface area contributed by atoms with E-state index in [1.54, 1.807) is 30.3 Å². The van der Waals surface area contributed by atoms with E-state index in [1.165, 1.54) is 39.2 Å². The molecule has 0 radical (unpaired) electrons. The molecule has 0 spiro atoms. The molecule has 0 aliphatic carbocycles. The van der Waals surface area contributed by atoms with Crippen molar-refractivity contribution in [3.8, 4) is 6.07 Å². The van der Waals surface area contributed by atoms with Gasteiger partial charge in [-0.1, -0.05) is 6.07 Å². The Morgan fingerprint density at radius 2 is 1.56 bits per heavy atom. The minimum atomic E-state index is -1.37. The number of nitriles is 1. The van der Waals surface area contributed by atoms with Crippen molar-refractivity contribution in [1.29, 1.82) is 5.26 Å². The highest BCUT2D eigenvalue weighted by Gasteiger charge is 2.36. The van der Waals surface area contributed by atoms with Gasteiger partial charge in [-0.15, -0.1) is 0 Å². The summed E-state index contributed by atoms with van der Waals surface area (Å²) in [7, 11) is 1.28. The van der Waals surface area contributed by atoms with E-state index in [1.807, 2.05) is 6.07 Å². The molecule has 7 nitrogen and oxygen atoms in total. The normalized spacial score (nSPS) is 10.4. The van der Waals surface area contributed by atoms with Gasteiger partial charge in [-0.05, 0) is 56.3 Å². The second-order valence-electron chi connectivity index (χ2n) is 6.29. The Hall–Kier alpha value is -3.66. The molecular formula is C20H19N3O4. The second kappa shape index (κ2) is 8.15. The number of esters is 1. The number of benzene rings is 2. The molecule has 0 saturated carbocycles. The number of nitrogens with one attached hydrogen (secondary N) is 2. The van der Waals surface area contributed by atoms with Gasteiger partial charge in [-0.3, -0.25) is 9.59 Å². The summed E-state index contributed by atoms with van der Waals surface area (Å²) in [5.41, 5.74) is 0.261. The molecule has 0 unspecified atom stereocenters. The number of anilines is 2. The van der Waals surface area contributed by atoms with Crippen LogP contribution in [0.1, 0.15) is 29.8 Å². The number of nitrogens with zero attached hydrogens (tertiary/aromatic N) is 1. The Bertz CT molecular complexity index is 912. The van der Waals surface area contributed by atoms with Gasteiger partial charge in [-0.2, -0.15) is 5.26 Å². The molecule has 2 aromatic carbocycles. The van der Waals surface area contributed by atoms with Crippen LogP contribution in [0.3, 0.4) is 0 Å². The Morgan fingerprint density at radius 3 is 2.11 bits per heavy atom. The van der Waals surface area contributed by atoms with Crippen molar-refractivity contribution in [2.45, 2.75) is 13.8 Å². The standard InChI is InChI=1S/C20H19N3O4/c1-20(2,19(26)23-16-6-4-5-13(11-16)12-21)18(25)22-15-9-7-14(8-10-15)17(24)27-3/h4-11H,1-3H3,(H,22,25)(H,23,26). The lowest BCUT2D eigenvalue weighted by molar-refractivity contribution is -0.135. The third kappa shape index (κ3) is 4.70. The summed E-state index contributed by atoms with van der Waals surface area (Å²) in [6.07, 6.45) is 0. The highest BCUT2D eigenvalue weighted by atomic mass is 16.5. The fraction of sp³-hybridized carbons (Fsp3) is 0.200. The fourth-order valence-corrected chi connectivity index (χ4v) is 2.15. The van der Waals surface area contributed by atoms with Crippen molar-refractivity contribution in [3.05, 3.63) is 59.7 Å². The first kappa shape index (κ1) is 19.7. The lowest BCUT2D eigenvalue weighted by Gasteiger charge is -2.23. The van der Waals surface area contributed by atoms with Crippen molar-refractivity contribution in [2.75, 3.05) is 17.7 Å². The maximum atomic E-state index is 12.5. The predicted molar refractivity (Wildman–Crippen MR) is 100.0 cm³/mol. The van der Waals surface area contributed by atoms with Crippen LogP contribution in [-0.2, 0) is 14.3 Å². The van der Waals surface area contributed by atoms with Crippen molar-refractivity contribution in [3.63, 3.8) is 0 Å². The van der Waals surface area contributed by atoms with Gasteiger partial charge in [0.2, 0.25) is 11.8 Å². The zero-order valence-corrected chi connectivity index (χ0v) is 15.2. The van der Waals surface area contributed by atoms with Crippen LogP contribution < -0.4 is 10.6 Å². The van der Waals surface area contributed by atoms with Crippen molar-refractivity contribution in [1.82, 2.24) is 0 Å². The maximum absolute atomic E-state index is 12.5. The highest BCUT2D eigenvalue weighted by Crippen LogP contribution is 2.22. The van der Waals surface area contributed by atoms with Crippen molar-refractivity contribution in [2.24, 2.45) is 5.41 Å². The summed E-state index contributed by atoms with van der Waals surface area (Å²) < 4.78 is 4.62. The van der Waals surface area contributed by atoms with E-state index in [0.717, 1.165) is 0 Å². The quantitative estimate of drug-likeness (QED) is 0.625. The molecule has 2 aromatic rings. The van der Waals surface area contributed by atoms with Crippen molar-refractivity contribution >= 4 is 29.2 Å². The first-order valence-corrected chi connectivity index (χ1v) is 8.09. The molecule has 2 N–H and O–H groups in total. The average Bonchev–Trinajstić information content (AvgIpc) is 2.67. The minimum absolute atomic E-state index is 0.352. The zero-order chi connectivity index (χ0) is 20.0. The Kier molecular flexibility index (Phi) is 5.93. The Balaban J connectivity index is 2.08. The monoisotopic (exact) mass is 365 g/mol. The molecule has 7 heteroatoms. The van der Waals surface area contributed by atoms with Gasteiger partial charge in [0.1, 0.15) is 5.41 Å². The van der Waals surface area contributed by atoms with Crippen LogP contribution in [0, 0.1) is 16.7 Å². The fourth-order valence-electron chi connectivity index (χ4n) is 2.15. The molecule has 0 aliphatic rings.